The Morgan fingerprint density at radius 3 is 3.06 bits per heavy atom. The molecule has 0 fully saturated rings. The van der Waals surface area contributed by atoms with Gasteiger partial charge in [-0.05, 0) is 25.2 Å². The summed E-state index contributed by atoms with van der Waals surface area (Å²) in [5, 5.41) is 3.18. The second-order valence-electron chi connectivity index (χ2n) is 4.31. The molecule has 0 saturated heterocycles. The normalized spacial score (nSPS) is 19.8. The lowest BCUT2D eigenvalue weighted by molar-refractivity contribution is 0.0426. The minimum atomic E-state index is 0.401. The Labute approximate surface area is 97.4 Å². The number of nitrogens with one attached hydrogen (secondary N) is 1. The predicted molar refractivity (Wildman–Crippen MR) is 65.4 cm³/mol. The summed E-state index contributed by atoms with van der Waals surface area (Å²) in [6, 6.07) is 8.98. The fraction of sp³-hybridized carbons (Fsp3) is 0.538. The lowest BCUT2D eigenvalue weighted by Crippen LogP contribution is -2.35. The highest BCUT2D eigenvalue weighted by molar-refractivity contribution is 5.31. The van der Waals surface area contributed by atoms with Gasteiger partial charge in [-0.1, -0.05) is 24.3 Å². The maximum absolute atomic E-state index is 5.65. The van der Waals surface area contributed by atoms with E-state index < -0.39 is 0 Å². The van der Waals surface area contributed by atoms with Crippen molar-refractivity contribution < 1.29 is 4.74 Å². The van der Waals surface area contributed by atoms with Crippen LogP contribution in [-0.2, 0) is 11.3 Å². The molecule has 0 aliphatic carbocycles. The number of hydrogen-bond acceptors (Lipinski definition) is 3. The third kappa shape index (κ3) is 2.43. The fourth-order valence-corrected chi connectivity index (χ4v) is 2.17. The maximum Gasteiger partial charge on any atom is 0.0721 e. The molecule has 0 amide bonds. The number of rotatable bonds is 4. The van der Waals surface area contributed by atoms with Crippen LogP contribution in [0.5, 0.6) is 0 Å². The smallest absolute Gasteiger partial charge is 0.0721 e. The van der Waals surface area contributed by atoms with E-state index in [1.165, 1.54) is 11.1 Å². The van der Waals surface area contributed by atoms with Crippen LogP contribution in [-0.4, -0.2) is 38.7 Å². The Morgan fingerprint density at radius 1 is 1.44 bits per heavy atom. The van der Waals surface area contributed by atoms with Gasteiger partial charge < -0.3 is 10.1 Å². The second-order valence-corrected chi connectivity index (χ2v) is 4.31. The van der Waals surface area contributed by atoms with Gasteiger partial charge in [0.15, 0.2) is 0 Å². The van der Waals surface area contributed by atoms with Crippen molar-refractivity contribution in [3.63, 3.8) is 0 Å². The van der Waals surface area contributed by atoms with Crippen molar-refractivity contribution in [2.24, 2.45) is 0 Å². The summed E-state index contributed by atoms with van der Waals surface area (Å²) >= 11 is 0. The van der Waals surface area contributed by atoms with Crippen molar-refractivity contribution in [1.82, 2.24) is 10.2 Å². The summed E-state index contributed by atoms with van der Waals surface area (Å²) in [6.07, 6.45) is 0. The largest absolute Gasteiger partial charge is 0.375 e. The number of nitrogens with zero attached hydrogens (tertiary/aromatic N) is 1. The van der Waals surface area contributed by atoms with Crippen LogP contribution in [0.1, 0.15) is 17.2 Å². The topological polar surface area (TPSA) is 24.5 Å². The zero-order chi connectivity index (χ0) is 11.4. The molecular weight excluding hydrogens is 200 g/mol. The van der Waals surface area contributed by atoms with Crippen molar-refractivity contribution >= 4 is 0 Å². The Morgan fingerprint density at radius 2 is 2.25 bits per heavy atom. The van der Waals surface area contributed by atoms with E-state index in [4.69, 9.17) is 4.74 Å². The van der Waals surface area contributed by atoms with E-state index in [9.17, 15) is 0 Å². The van der Waals surface area contributed by atoms with Crippen LogP contribution in [0.4, 0.5) is 0 Å². The molecule has 0 radical (unpaired) electrons. The zero-order valence-electron chi connectivity index (χ0n) is 10.1. The second kappa shape index (κ2) is 5.43. The molecule has 0 saturated carbocycles. The van der Waals surface area contributed by atoms with Crippen LogP contribution < -0.4 is 5.32 Å². The molecule has 1 aliphatic rings. The Kier molecular flexibility index (Phi) is 3.93. The van der Waals surface area contributed by atoms with Gasteiger partial charge in [0.2, 0.25) is 0 Å². The Bertz CT molecular complexity index is 340. The van der Waals surface area contributed by atoms with E-state index in [1.807, 2.05) is 7.05 Å². The molecule has 0 bridgehead atoms. The van der Waals surface area contributed by atoms with E-state index in [0.29, 0.717) is 6.04 Å². The molecule has 1 N–H and O–H groups in total. The Balaban J connectivity index is 2.12. The van der Waals surface area contributed by atoms with E-state index in [1.54, 1.807) is 0 Å². The van der Waals surface area contributed by atoms with Gasteiger partial charge in [0, 0.05) is 13.1 Å². The third-order valence-electron chi connectivity index (χ3n) is 3.19. The summed E-state index contributed by atoms with van der Waals surface area (Å²) in [5.41, 5.74) is 2.75. The molecule has 0 spiro atoms. The first kappa shape index (κ1) is 11.6. The molecule has 16 heavy (non-hydrogen) atoms. The molecule has 1 aromatic carbocycles. The van der Waals surface area contributed by atoms with Crippen LogP contribution in [0, 0.1) is 0 Å². The summed E-state index contributed by atoms with van der Waals surface area (Å²) in [5.74, 6) is 0. The average molecular weight is 220 g/mol. The van der Waals surface area contributed by atoms with Gasteiger partial charge in [-0.2, -0.15) is 0 Å². The number of likely N-dealkylation sites (N-methyl/N-ethyl adjacent to an activating group) is 2. The number of fused-ring (bicyclic) bond motifs is 1. The average Bonchev–Trinajstić information content (AvgIpc) is 2.35. The maximum atomic E-state index is 5.65. The van der Waals surface area contributed by atoms with Gasteiger partial charge in [0.1, 0.15) is 0 Å². The van der Waals surface area contributed by atoms with Crippen molar-refractivity contribution in [1.29, 1.82) is 0 Å². The fourth-order valence-electron chi connectivity index (χ4n) is 2.17. The van der Waals surface area contributed by atoms with Gasteiger partial charge in [-0.3, -0.25) is 4.90 Å². The molecule has 1 atom stereocenters. The van der Waals surface area contributed by atoms with Gasteiger partial charge in [-0.25, -0.2) is 0 Å². The summed E-state index contributed by atoms with van der Waals surface area (Å²) < 4.78 is 5.65. The molecule has 1 heterocycles. The zero-order valence-corrected chi connectivity index (χ0v) is 10.1. The highest BCUT2D eigenvalue weighted by Crippen LogP contribution is 2.28. The van der Waals surface area contributed by atoms with E-state index in [2.05, 4.69) is 41.5 Å². The van der Waals surface area contributed by atoms with Crippen LogP contribution in [0.3, 0.4) is 0 Å². The van der Waals surface area contributed by atoms with Crippen LogP contribution in [0.25, 0.3) is 0 Å². The quantitative estimate of drug-likeness (QED) is 0.830. The van der Waals surface area contributed by atoms with Gasteiger partial charge >= 0.3 is 0 Å². The van der Waals surface area contributed by atoms with Gasteiger partial charge in [-0.15, -0.1) is 0 Å². The monoisotopic (exact) mass is 220 g/mol. The molecule has 2 rings (SSSR count). The first-order chi connectivity index (χ1) is 7.83. The van der Waals surface area contributed by atoms with E-state index >= 15 is 0 Å². The van der Waals surface area contributed by atoms with Gasteiger partial charge in [0.05, 0.1) is 19.3 Å². The minimum absolute atomic E-state index is 0.401. The summed E-state index contributed by atoms with van der Waals surface area (Å²) in [7, 11) is 4.15. The molecule has 1 aliphatic heterocycles. The summed E-state index contributed by atoms with van der Waals surface area (Å²) in [4.78, 5) is 2.36. The van der Waals surface area contributed by atoms with Crippen LogP contribution >= 0.6 is 0 Å². The Hall–Kier alpha value is -0.900. The molecular formula is C13H20N2O. The molecule has 88 valence electrons. The van der Waals surface area contributed by atoms with E-state index in [0.717, 1.165) is 26.3 Å². The summed E-state index contributed by atoms with van der Waals surface area (Å²) in [6.45, 7) is 3.61. The predicted octanol–water partition coefficient (Wildman–Crippen LogP) is 1.41. The van der Waals surface area contributed by atoms with Crippen molar-refractivity contribution in [2.75, 3.05) is 33.8 Å². The van der Waals surface area contributed by atoms with Crippen LogP contribution in [0.15, 0.2) is 24.3 Å². The molecule has 1 unspecified atom stereocenters. The third-order valence-corrected chi connectivity index (χ3v) is 3.19. The van der Waals surface area contributed by atoms with Crippen molar-refractivity contribution in [2.45, 2.75) is 12.6 Å². The van der Waals surface area contributed by atoms with Gasteiger partial charge in [0.25, 0.3) is 0 Å². The van der Waals surface area contributed by atoms with Crippen molar-refractivity contribution in [3.8, 4) is 0 Å². The standard InChI is InChI=1S/C13H20N2O/c1-14-7-8-15(2)13-10-16-9-11-5-3-4-6-12(11)13/h3-6,13-14H,7-10H2,1-2H3. The molecule has 3 nitrogen and oxygen atoms in total. The highest BCUT2D eigenvalue weighted by atomic mass is 16.5. The first-order valence-corrected chi connectivity index (χ1v) is 5.83. The van der Waals surface area contributed by atoms with Crippen LogP contribution in [0.2, 0.25) is 0 Å². The SMILES string of the molecule is CNCCN(C)C1COCc2ccccc21. The minimum Gasteiger partial charge on any atom is -0.375 e. The number of benzene rings is 1. The van der Waals surface area contributed by atoms with E-state index in [-0.39, 0.29) is 0 Å². The van der Waals surface area contributed by atoms with Crippen molar-refractivity contribution in [3.05, 3.63) is 35.4 Å². The molecule has 1 aromatic rings. The molecule has 0 aromatic heterocycles. The number of hydrogen-bond donors (Lipinski definition) is 1. The first-order valence-electron chi connectivity index (χ1n) is 5.83. The lowest BCUT2D eigenvalue weighted by Gasteiger charge is -2.33. The lowest BCUT2D eigenvalue weighted by atomic mass is 9.98. The highest BCUT2D eigenvalue weighted by Gasteiger charge is 2.23. The molecule has 3 heteroatoms. The number of ether oxygens (including phenoxy) is 1.